The average molecular weight is 429 g/mol. The molecule has 6 unspecified atom stereocenters. The summed E-state index contributed by atoms with van der Waals surface area (Å²) >= 11 is 0. The van der Waals surface area contributed by atoms with Crippen LogP contribution in [0.25, 0.3) is 0 Å². The smallest absolute Gasteiger partial charge is 0.326 e. The first-order valence-corrected chi connectivity index (χ1v) is 10.5. The molecule has 0 aliphatic carbocycles. The zero-order chi connectivity index (χ0) is 23.0. The molecule has 172 valence electrons. The first-order chi connectivity index (χ1) is 14.0. The SMILES string of the molecule is CCC(C)C(NC(=O)C(NC(=O)C(NC(=O)C1CCCN1)C(C)O)C(C)C)C(=O)O. The van der Waals surface area contributed by atoms with Crippen molar-refractivity contribution >= 4 is 23.7 Å². The average Bonchev–Trinajstić information content (AvgIpc) is 3.21. The van der Waals surface area contributed by atoms with E-state index in [1.54, 1.807) is 20.8 Å². The van der Waals surface area contributed by atoms with Crippen LogP contribution in [-0.4, -0.2) is 70.7 Å². The van der Waals surface area contributed by atoms with Crippen LogP contribution in [0, 0.1) is 11.8 Å². The highest BCUT2D eigenvalue weighted by molar-refractivity contribution is 5.94. The van der Waals surface area contributed by atoms with E-state index in [1.807, 2.05) is 6.92 Å². The van der Waals surface area contributed by atoms with Crippen LogP contribution < -0.4 is 21.3 Å². The molecule has 3 amide bonds. The van der Waals surface area contributed by atoms with E-state index in [-0.39, 0.29) is 17.7 Å². The Balaban J connectivity index is 2.87. The standard InChI is InChI=1S/C20H36N4O6/c1-6-11(4)15(20(29)30)23-18(27)14(10(2)3)22-19(28)16(12(5)25)24-17(26)13-8-7-9-21-13/h10-16,21,25H,6-9H2,1-5H3,(H,22,28)(H,23,27)(H,24,26)(H,29,30). The minimum Gasteiger partial charge on any atom is -0.480 e. The molecule has 0 spiro atoms. The summed E-state index contributed by atoms with van der Waals surface area (Å²) in [6.45, 7) is 9.05. The van der Waals surface area contributed by atoms with E-state index in [1.165, 1.54) is 6.92 Å². The number of aliphatic hydroxyl groups is 1. The van der Waals surface area contributed by atoms with Gasteiger partial charge in [0.25, 0.3) is 0 Å². The minimum atomic E-state index is -1.24. The van der Waals surface area contributed by atoms with Crippen molar-refractivity contribution in [3.63, 3.8) is 0 Å². The fraction of sp³-hybridized carbons (Fsp3) is 0.800. The molecular formula is C20H36N4O6. The third-order valence-corrected chi connectivity index (χ3v) is 5.46. The molecule has 6 N–H and O–H groups in total. The maximum atomic E-state index is 12.8. The van der Waals surface area contributed by atoms with Crippen molar-refractivity contribution in [2.45, 2.75) is 84.2 Å². The van der Waals surface area contributed by atoms with E-state index in [2.05, 4.69) is 21.3 Å². The van der Waals surface area contributed by atoms with Gasteiger partial charge >= 0.3 is 5.97 Å². The Labute approximate surface area is 177 Å². The van der Waals surface area contributed by atoms with Gasteiger partial charge in [-0.05, 0) is 38.1 Å². The van der Waals surface area contributed by atoms with Gasteiger partial charge in [0.2, 0.25) is 17.7 Å². The Bertz CT molecular complexity index is 618. The number of aliphatic carboxylic acids is 1. The lowest BCUT2D eigenvalue weighted by molar-refractivity contribution is -0.144. The summed E-state index contributed by atoms with van der Waals surface area (Å²) in [6, 6.07) is -3.76. The van der Waals surface area contributed by atoms with Gasteiger partial charge in [-0.2, -0.15) is 0 Å². The lowest BCUT2D eigenvalue weighted by Crippen LogP contribution is -2.61. The molecule has 6 atom stereocenters. The van der Waals surface area contributed by atoms with Crippen LogP contribution in [0.15, 0.2) is 0 Å². The fourth-order valence-electron chi connectivity index (χ4n) is 3.27. The molecule has 10 heteroatoms. The third kappa shape index (κ3) is 7.24. The zero-order valence-corrected chi connectivity index (χ0v) is 18.4. The second-order valence-electron chi connectivity index (χ2n) is 8.32. The molecule has 1 fully saturated rings. The quantitative estimate of drug-likeness (QED) is 0.255. The Morgan fingerprint density at radius 3 is 1.97 bits per heavy atom. The van der Waals surface area contributed by atoms with Gasteiger partial charge in [0, 0.05) is 0 Å². The van der Waals surface area contributed by atoms with Crippen LogP contribution in [-0.2, 0) is 19.2 Å². The van der Waals surface area contributed by atoms with Crippen molar-refractivity contribution in [2.75, 3.05) is 6.54 Å². The lowest BCUT2D eigenvalue weighted by atomic mass is 9.97. The van der Waals surface area contributed by atoms with Crippen molar-refractivity contribution in [3.05, 3.63) is 0 Å². The normalized spacial score (nSPS) is 21.2. The first kappa shape index (κ1) is 25.8. The van der Waals surface area contributed by atoms with Gasteiger partial charge in [-0.25, -0.2) is 4.79 Å². The summed E-state index contributed by atoms with van der Waals surface area (Å²) in [6.07, 6.45) is 0.864. The van der Waals surface area contributed by atoms with E-state index >= 15 is 0 Å². The molecule has 30 heavy (non-hydrogen) atoms. The highest BCUT2D eigenvalue weighted by Gasteiger charge is 2.35. The zero-order valence-electron chi connectivity index (χ0n) is 18.4. The number of carboxylic acids is 1. The van der Waals surface area contributed by atoms with Crippen molar-refractivity contribution < 1.29 is 29.4 Å². The predicted octanol–water partition coefficient (Wildman–Crippen LogP) is -0.640. The summed E-state index contributed by atoms with van der Waals surface area (Å²) in [5.41, 5.74) is 0. The molecule has 1 saturated heterocycles. The van der Waals surface area contributed by atoms with E-state index in [0.717, 1.165) is 6.42 Å². The van der Waals surface area contributed by atoms with Gasteiger partial charge < -0.3 is 31.5 Å². The second kappa shape index (κ2) is 11.8. The number of nitrogens with one attached hydrogen (secondary N) is 4. The molecule has 0 aromatic carbocycles. The molecule has 0 aromatic heterocycles. The van der Waals surface area contributed by atoms with Crippen LogP contribution >= 0.6 is 0 Å². The Morgan fingerprint density at radius 2 is 1.53 bits per heavy atom. The van der Waals surface area contributed by atoms with Crippen molar-refractivity contribution in [3.8, 4) is 0 Å². The number of rotatable bonds is 11. The van der Waals surface area contributed by atoms with Gasteiger partial charge in [0.1, 0.15) is 18.1 Å². The van der Waals surface area contributed by atoms with E-state index in [0.29, 0.717) is 19.4 Å². The number of hydrogen-bond acceptors (Lipinski definition) is 6. The van der Waals surface area contributed by atoms with Crippen molar-refractivity contribution in [2.24, 2.45) is 11.8 Å². The Hall–Kier alpha value is -2.20. The molecule has 0 bridgehead atoms. The van der Waals surface area contributed by atoms with E-state index in [4.69, 9.17) is 0 Å². The van der Waals surface area contributed by atoms with Crippen LogP contribution in [0.2, 0.25) is 0 Å². The molecule has 1 rings (SSSR count). The molecule has 0 saturated carbocycles. The topological polar surface area (TPSA) is 157 Å². The van der Waals surface area contributed by atoms with Gasteiger partial charge in [0.15, 0.2) is 0 Å². The Kier molecular flexibility index (Phi) is 10.2. The largest absolute Gasteiger partial charge is 0.480 e. The number of aliphatic hydroxyl groups excluding tert-OH is 1. The monoisotopic (exact) mass is 428 g/mol. The van der Waals surface area contributed by atoms with Crippen LogP contribution in [0.3, 0.4) is 0 Å². The van der Waals surface area contributed by atoms with E-state index < -0.39 is 48.1 Å². The summed E-state index contributed by atoms with van der Waals surface area (Å²) in [7, 11) is 0. The number of amides is 3. The molecule has 10 nitrogen and oxygen atoms in total. The molecule has 1 heterocycles. The molecule has 1 aliphatic rings. The van der Waals surface area contributed by atoms with Gasteiger partial charge in [0.05, 0.1) is 12.1 Å². The predicted molar refractivity (Wildman–Crippen MR) is 110 cm³/mol. The second-order valence-corrected chi connectivity index (χ2v) is 8.32. The summed E-state index contributed by atoms with van der Waals surface area (Å²) in [4.78, 5) is 49.3. The molecule has 0 radical (unpaired) electrons. The number of carboxylic acid groups (broad SMARTS) is 1. The number of hydrogen-bond donors (Lipinski definition) is 6. The van der Waals surface area contributed by atoms with E-state index in [9.17, 15) is 29.4 Å². The summed E-state index contributed by atoms with van der Waals surface area (Å²) in [5, 5.41) is 30.0. The molecule has 1 aliphatic heterocycles. The minimum absolute atomic E-state index is 0.293. The van der Waals surface area contributed by atoms with Crippen LogP contribution in [0.4, 0.5) is 0 Å². The van der Waals surface area contributed by atoms with Crippen molar-refractivity contribution in [1.82, 2.24) is 21.3 Å². The van der Waals surface area contributed by atoms with Crippen molar-refractivity contribution in [1.29, 1.82) is 0 Å². The maximum Gasteiger partial charge on any atom is 0.326 e. The fourth-order valence-corrected chi connectivity index (χ4v) is 3.27. The number of carbonyl (C=O) groups is 4. The molecular weight excluding hydrogens is 392 g/mol. The highest BCUT2D eigenvalue weighted by Crippen LogP contribution is 2.11. The van der Waals surface area contributed by atoms with Gasteiger partial charge in [-0.1, -0.05) is 34.1 Å². The van der Waals surface area contributed by atoms with Crippen LogP contribution in [0.5, 0.6) is 0 Å². The van der Waals surface area contributed by atoms with Crippen LogP contribution in [0.1, 0.15) is 53.9 Å². The lowest BCUT2D eigenvalue weighted by Gasteiger charge is -2.29. The third-order valence-electron chi connectivity index (χ3n) is 5.46. The summed E-state index contributed by atoms with van der Waals surface area (Å²) in [5.74, 6) is -3.51. The highest BCUT2D eigenvalue weighted by atomic mass is 16.4. The number of carbonyl (C=O) groups excluding carboxylic acids is 3. The maximum absolute atomic E-state index is 12.8. The Morgan fingerprint density at radius 1 is 0.967 bits per heavy atom. The summed E-state index contributed by atoms with van der Waals surface area (Å²) < 4.78 is 0. The first-order valence-electron chi connectivity index (χ1n) is 10.5. The van der Waals surface area contributed by atoms with Gasteiger partial charge in [-0.15, -0.1) is 0 Å². The molecule has 0 aromatic rings. The van der Waals surface area contributed by atoms with Gasteiger partial charge in [-0.3, -0.25) is 14.4 Å².